The minimum Gasteiger partial charge on any atom is -0.312 e. The van der Waals surface area contributed by atoms with Gasteiger partial charge in [-0.2, -0.15) is 0 Å². The van der Waals surface area contributed by atoms with Crippen LogP contribution in [0.2, 0.25) is 0 Å². The molecule has 0 bridgehead atoms. The summed E-state index contributed by atoms with van der Waals surface area (Å²) >= 11 is 0. The Hall–Kier alpha value is -1.68. The predicted molar refractivity (Wildman–Crippen MR) is 117 cm³/mol. The van der Waals surface area contributed by atoms with Gasteiger partial charge in [-0.15, -0.1) is 10.2 Å². The molecule has 1 aromatic carbocycles. The molecule has 0 aliphatic carbocycles. The maximum absolute atomic E-state index is 4.44. The molecule has 4 heteroatoms. The van der Waals surface area contributed by atoms with Crippen molar-refractivity contribution >= 4 is 0 Å². The van der Waals surface area contributed by atoms with E-state index in [1.54, 1.807) is 0 Å². The number of hydrogen-bond acceptors (Lipinski definition) is 3. The molecule has 2 aromatic rings. The second-order valence-corrected chi connectivity index (χ2v) is 9.13. The van der Waals surface area contributed by atoms with Crippen LogP contribution in [0.3, 0.4) is 0 Å². The third-order valence-corrected chi connectivity index (χ3v) is 6.60. The van der Waals surface area contributed by atoms with E-state index in [2.05, 4.69) is 91.5 Å². The summed E-state index contributed by atoms with van der Waals surface area (Å²) in [5, 5.41) is 8.80. The molecule has 2 heterocycles. The van der Waals surface area contributed by atoms with Crippen LogP contribution in [0, 0.1) is 6.92 Å². The number of likely N-dealkylation sites (tertiary alicyclic amines) is 1. The molecule has 0 amide bonds. The van der Waals surface area contributed by atoms with Crippen molar-refractivity contribution in [2.45, 2.75) is 97.2 Å². The second kappa shape index (κ2) is 9.21. The highest BCUT2D eigenvalue weighted by molar-refractivity contribution is 5.18. The van der Waals surface area contributed by atoms with E-state index in [-0.39, 0.29) is 0 Å². The summed E-state index contributed by atoms with van der Waals surface area (Å²) in [7, 11) is 0. The summed E-state index contributed by atoms with van der Waals surface area (Å²) in [4.78, 5) is 2.77. The van der Waals surface area contributed by atoms with E-state index < -0.39 is 0 Å². The van der Waals surface area contributed by atoms with Crippen LogP contribution in [0.15, 0.2) is 30.3 Å². The Morgan fingerprint density at radius 1 is 1.04 bits per heavy atom. The van der Waals surface area contributed by atoms with E-state index in [9.17, 15) is 0 Å². The summed E-state index contributed by atoms with van der Waals surface area (Å²) < 4.78 is 2.37. The molecule has 1 aromatic heterocycles. The van der Waals surface area contributed by atoms with E-state index in [1.165, 1.54) is 37.8 Å². The standard InChI is InChI=1S/C24H38N4/c1-17(2)24-26-25-21(6)28(24)20(5)16-23-13-12-19(4)27(23)15-14-18(3)22-10-8-7-9-11-22/h7-11,17-20,23H,12-16H2,1-6H3. The average molecular weight is 383 g/mol. The topological polar surface area (TPSA) is 34.0 Å². The van der Waals surface area contributed by atoms with Crippen LogP contribution in [-0.2, 0) is 0 Å². The molecular weight excluding hydrogens is 344 g/mol. The molecular formula is C24H38N4. The van der Waals surface area contributed by atoms with Gasteiger partial charge >= 0.3 is 0 Å². The molecule has 1 fully saturated rings. The van der Waals surface area contributed by atoms with E-state index in [0.717, 1.165) is 11.6 Å². The predicted octanol–water partition coefficient (Wildman–Crippen LogP) is 5.71. The first-order valence-corrected chi connectivity index (χ1v) is 11.1. The SMILES string of the molecule is Cc1nnc(C(C)C)n1C(C)CC1CCC(C)N1CCC(C)c1ccccc1. The minimum absolute atomic E-state index is 0.411. The van der Waals surface area contributed by atoms with Crippen LogP contribution >= 0.6 is 0 Å². The maximum atomic E-state index is 4.44. The van der Waals surface area contributed by atoms with Crippen LogP contribution in [0.5, 0.6) is 0 Å². The zero-order valence-corrected chi connectivity index (χ0v) is 18.6. The first-order valence-electron chi connectivity index (χ1n) is 11.1. The van der Waals surface area contributed by atoms with Crippen molar-refractivity contribution in [3.8, 4) is 0 Å². The fourth-order valence-corrected chi connectivity index (χ4v) is 4.90. The van der Waals surface area contributed by atoms with Crippen molar-refractivity contribution in [3.63, 3.8) is 0 Å². The first-order chi connectivity index (χ1) is 13.4. The van der Waals surface area contributed by atoms with E-state index in [4.69, 9.17) is 0 Å². The Kier molecular flexibility index (Phi) is 6.92. The zero-order valence-electron chi connectivity index (χ0n) is 18.6. The molecule has 1 saturated heterocycles. The van der Waals surface area contributed by atoms with Crippen molar-refractivity contribution in [1.82, 2.24) is 19.7 Å². The number of benzene rings is 1. The molecule has 3 rings (SSSR count). The largest absolute Gasteiger partial charge is 0.312 e. The molecule has 4 atom stereocenters. The van der Waals surface area contributed by atoms with E-state index >= 15 is 0 Å². The molecule has 0 N–H and O–H groups in total. The van der Waals surface area contributed by atoms with Crippen molar-refractivity contribution < 1.29 is 0 Å². The van der Waals surface area contributed by atoms with Crippen LogP contribution in [0.25, 0.3) is 0 Å². The van der Waals surface area contributed by atoms with Gasteiger partial charge in [-0.1, -0.05) is 51.1 Å². The Morgan fingerprint density at radius 2 is 1.75 bits per heavy atom. The number of aryl methyl sites for hydroxylation is 1. The minimum atomic E-state index is 0.411. The Bertz CT molecular complexity index is 736. The van der Waals surface area contributed by atoms with Gasteiger partial charge in [0.05, 0.1) is 0 Å². The van der Waals surface area contributed by atoms with E-state index in [1.807, 2.05) is 0 Å². The van der Waals surface area contributed by atoms with Crippen LogP contribution in [0.4, 0.5) is 0 Å². The highest BCUT2D eigenvalue weighted by Gasteiger charge is 2.32. The summed E-state index contributed by atoms with van der Waals surface area (Å²) in [6.07, 6.45) is 5.03. The maximum Gasteiger partial charge on any atom is 0.135 e. The average Bonchev–Trinajstić information content (AvgIpc) is 3.23. The normalized spacial score (nSPS) is 22.7. The molecule has 154 valence electrons. The fraction of sp³-hybridized carbons (Fsp3) is 0.667. The van der Waals surface area contributed by atoms with Gasteiger partial charge in [0, 0.05) is 24.0 Å². The van der Waals surface area contributed by atoms with Crippen LogP contribution < -0.4 is 0 Å². The molecule has 4 nitrogen and oxygen atoms in total. The van der Waals surface area contributed by atoms with E-state index in [0.29, 0.717) is 30.0 Å². The summed E-state index contributed by atoms with van der Waals surface area (Å²) in [6.45, 7) is 14.8. The fourth-order valence-electron chi connectivity index (χ4n) is 4.90. The zero-order chi connectivity index (χ0) is 20.3. The smallest absolute Gasteiger partial charge is 0.135 e. The molecule has 1 aliphatic rings. The van der Waals surface area contributed by atoms with Gasteiger partial charge in [0.25, 0.3) is 0 Å². The highest BCUT2D eigenvalue weighted by Crippen LogP contribution is 2.32. The second-order valence-electron chi connectivity index (χ2n) is 9.13. The molecule has 28 heavy (non-hydrogen) atoms. The third-order valence-electron chi connectivity index (χ3n) is 6.60. The van der Waals surface area contributed by atoms with Crippen LogP contribution in [0.1, 0.15) is 95.4 Å². The number of rotatable bonds is 8. The Labute approximate surface area is 171 Å². The lowest BCUT2D eigenvalue weighted by Gasteiger charge is -2.32. The van der Waals surface area contributed by atoms with Crippen molar-refractivity contribution in [3.05, 3.63) is 47.5 Å². The number of aromatic nitrogens is 3. The molecule has 1 aliphatic heterocycles. The lowest BCUT2D eigenvalue weighted by atomic mass is 9.97. The van der Waals surface area contributed by atoms with Gasteiger partial charge in [0.15, 0.2) is 0 Å². The molecule has 0 spiro atoms. The van der Waals surface area contributed by atoms with Gasteiger partial charge in [-0.3, -0.25) is 4.90 Å². The summed E-state index contributed by atoms with van der Waals surface area (Å²) in [5.41, 5.74) is 1.46. The lowest BCUT2D eigenvalue weighted by molar-refractivity contribution is 0.174. The van der Waals surface area contributed by atoms with Crippen molar-refractivity contribution in [2.75, 3.05) is 6.54 Å². The lowest BCUT2D eigenvalue weighted by Crippen LogP contribution is -2.37. The third kappa shape index (κ3) is 4.65. The number of hydrogen-bond donors (Lipinski definition) is 0. The summed E-state index contributed by atoms with van der Waals surface area (Å²) in [5.74, 6) is 3.19. The summed E-state index contributed by atoms with van der Waals surface area (Å²) in [6, 6.07) is 12.7. The van der Waals surface area contributed by atoms with Gasteiger partial charge in [-0.25, -0.2) is 0 Å². The van der Waals surface area contributed by atoms with Gasteiger partial charge < -0.3 is 4.57 Å². The van der Waals surface area contributed by atoms with Gasteiger partial charge in [0.2, 0.25) is 0 Å². The Morgan fingerprint density at radius 3 is 2.43 bits per heavy atom. The van der Waals surface area contributed by atoms with Gasteiger partial charge in [-0.05, 0) is 64.5 Å². The van der Waals surface area contributed by atoms with Gasteiger partial charge in [0.1, 0.15) is 11.6 Å². The van der Waals surface area contributed by atoms with Crippen molar-refractivity contribution in [2.24, 2.45) is 0 Å². The first kappa shape index (κ1) is 21.0. The van der Waals surface area contributed by atoms with Crippen LogP contribution in [-0.4, -0.2) is 38.3 Å². The molecule has 0 saturated carbocycles. The number of nitrogens with zero attached hydrogens (tertiary/aromatic N) is 4. The quantitative estimate of drug-likeness (QED) is 0.586. The molecule has 0 radical (unpaired) electrons. The monoisotopic (exact) mass is 382 g/mol. The Balaban J connectivity index is 1.64. The van der Waals surface area contributed by atoms with Crippen molar-refractivity contribution in [1.29, 1.82) is 0 Å². The highest BCUT2D eigenvalue weighted by atomic mass is 15.3. The molecule has 4 unspecified atom stereocenters.